The van der Waals surface area contributed by atoms with E-state index >= 15 is 0 Å². The Morgan fingerprint density at radius 2 is 1.62 bits per heavy atom. The molecule has 0 atom stereocenters. The Hall–Kier alpha value is -2.92. The van der Waals surface area contributed by atoms with Gasteiger partial charge in [-0.1, -0.05) is 60.7 Å². The summed E-state index contributed by atoms with van der Waals surface area (Å²) in [7, 11) is 1.74. The first kappa shape index (κ1) is 17.9. The van der Waals surface area contributed by atoms with Gasteiger partial charge >= 0.3 is 0 Å². The SMILES string of the molecule is CN(Cc1ccc(-c2ccccc2)cc1)C(=O)CNC(=O)c1cccs1. The maximum Gasteiger partial charge on any atom is 0.261 e. The molecule has 0 fully saturated rings. The van der Waals surface area contributed by atoms with Crippen LogP contribution in [0.3, 0.4) is 0 Å². The zero-order valence-corrected chi connectivity index (χ0v) is 15.3. The molecule has 0 radical (unpaired) electrons. The first-order chi connectivity index (χ1) is 12.6. The monoisotopic (exact) mass is 364 g/mol. The second-order valence-corrected chi connectivity index (χ2v) is 6.92. The minimum absolute atomic E-state index is 0.00463. The highest BCUT2D eigenvalue weighted by atomic mass is 32.1. The summed E-state index contributed by atoms with van der Waals surface area (Å²) in [5.41, 5.74) is 3.36. The lowest BCUT2D eigenvalue weighted by Crippen LogP contribution is -2.37. The maximum absolute atomic E-state index is 12.2. The molecule has 5 heteroatoms. The second kappa shape index (κ2) is 8.45. The molecule has 0 spiro atoms. The van der Waals surface area contributed by atoms with E-state index in [4.69, 9.17) is 0 Å². The molecule has 3 rings (SSSR count). The molecule has 2 amide bonds. The summed E-state index contributed by atoms with van der Waals surface area (Å²) in [6, 6.07) is 21.9. The van der Waals surface area contributed by atoms with Crippen LogP contribution in [0.2, 0.25) is 0 Å². The Balaban J connectivity index is 1.53. The molecule has 3 aromatic rings. The van der Waals surface area contributed by atoms with E-state index in [9.17, 15) is 9.59 Å². The van der Waals surface area contributed by atoms with Crippen LogP contribution in [-0.2, 0) is 11.3 Å². The smallest absolute Gasteiger partial charge is 0.261 e. The topological polar surface area (TPSA) is 49.4 Å². The van der Waals surface area contributed by atoms with Crippen LogP contribution in [0.5, 0.6) is 0 Å². The molecule has 26 heavy (non-hydrogen) atoms. The lowest BCUT2D eigenvalue weighted by Gasteiger charge is -2.17. The lowest BCUT2D eigenvalue weighted by molar-refractivity contribution is -0.129. The minimum atomic E-state index is -0.214. The highest BCUT2D eigenvalue weighted by Gasteiger charge is 2.12. The Morgan fingerprint density at radius 3 is 2.27 bits per heavy atom. The summed E-state index contributed by atoms with van der Waals surface area (Å²) < 4.78 is 0. The van der Waals surface area contributed by atoms with Gasteiger partial charge in [0, 0.05) is 13.6 Å². The van der Waals surface area contributed by atoms with Crippen molar-refractivity contribution in [1.29, 1.82) is 0 Å². The summed E-state index contributed by atoms with van der Waals surface area (Å²) in [5, 5.41) is 4.50. The fourth-order valence-electron chi connectivity index (χ4n) is 2.58. The summed E-state index contributed by atoms with van der Waals surface area (Å²) in [6.45, 7) is 0.498. The van der Waals surface area contributed by atoms with Crippen LogP contribution in [0.1, 0.15) is 15.2 Å². The number of rotatable bonds is 6. The van der Waals surface area contributed by atoms with E-state index in [0.29, 0.717) is 11.4 Å². The summed E-state index contributed by atoms with van der Waals surface area (Å²) in [4.78, 5) is 26.3. The van der Waals surface area contributed by atoms with E-state index in [2.05, 4.69) is 29.6 Å². The van der Waals surface area contributed by atoms with Crippen LogP contribution in [0.15, 0.2) is 72.1 Å². The average molecular weight is 364 g/mol. The van der Waals surface area contributed by atoms with Crippen molar-refractivity contribution in [2.75, 3.05) is 13.6 Å². The van der Waals surface area contributed by atoms with Crippen LogP contribution in [0, 0.1) is 0 Å². The first-order valence-corrected chi connectivity index (χ1v) is 9.21. The zero-order chi connectivity index (χ0) is 18.4. The van der Waals surface area contributed by atoms with Gasteiger partial charge in [0.2, 0.25) is 5.91 Å². The molecule has 0 aliphatic rings. The predicted molar refractivity (Wildman–Crippen MR) is 105 cm³/mol. The molecule has 0 aliphatic heterocycles. The fraction of sp³-hybridized carbons (Fsp3) is 0.143. The number of nitrogens with zero attached hydrogens (tertiary/aromatic N) is 1. The van der Waals surface area contributed by atoms with Crippen LogP contribution in [0.4, 0.5) is 0 Å². The Morgan fingerprint density at radius 1 is 0.923 bits per heavy atom. The average Bonchev–Trinajstić information content (AvgIpc) is 3.22. The number of hydrogen-bond acceptors (Lipinski definition) is 3. The number of amides is 2. The molecule has 0 aliphatic carbocycles. The molecule has 0 saturated carbocycles. The largest absolute Gasteiger partial charge is 0.342 e. The van der Waals surface area contributed by atoms with Crippen molar-refractivity contribution >= 4 is 23.2 Å². The van der Waals surface area contributed by atoms with Crippen molar-refractivity contribution in [3.8, 4) is 11.1 Å². The van der Waals surface area contributed by atoms with E-state index in [1.54, 1.807) is 18.0 Å². The van der Waals surface area contributed by atoms with Gasteiger partial charge in [-0.2, -0.15) is 0 Å². The molecule has 0 saturated heterocycles. The van der Waals surface area contributed by atoms with Gasteiger partial charge in [-0.3, -0.25) is 9.59 Å². The summed E-state index contributed by atoms with van der Waals surface area (Å²) in [6.07, 6.45) is 0. The third-order valence-corrected chi connectivity index (χ3v) is 4.92. The number of thiophene rings is 1. The molecule has 132 valence electrons. The molecule has 4 nitrogen and oxygen atoms in total. The number of nitrogens with one attached hydrogen (secondary N) is 1. The van der Waals surface area contributed by atoms with Crippen LogP contribution >= 0.6 is 11.3 Å². The van der Waals surface area contributed by atoms with Gasteiger partial charge in [0.15, 0.2) is 0 Å². The molecule has 0 bridgehead atoms. The van der Waals surface area contributed by atoms with Crippen molar-refractivity contribution in [2.24, 2.45) is 0 Å². The Kier molecular flexibility index (Phi) is 5.81. The van der Waals surface area contributed by atoms with Gasteiger partial charge in [0.1, 0.15) is 0 Å². The van der Waals surface area contributed by atoms with Crippen molar-refractivity contribution in [2.45, 2.75) is 6.54 Å². The standard InChI is InChI=1S/C21H20N2O2S/c1-23(20(24)14-22-21(25)19-8-5-13-26-19)15-16-9-11-18(12-10-16)17-6-3-2-4-7-17/h2-13H,14-15H2,1H3,(H,22,25). The predicted octanol–water partition coefficient (Wildman–Crippen LogP) is 3.80. The van der Waals surface area contributed by atoms with Crippen molar-refractivity contribution in [3.05, 3.63) is 82.6 Å². The van der Waals surface area contributed by atoms with E-state index in [0.717, 1.165) is 11.1 Å². The van der Waals surface area contributed by atoms with Gasteiger partial charge in [-0.15, -0.1) is 11.3 Å². The van der Waals surface area contributed by atoms with Crippen LogP contribution in [0.25, 0.3) is 11.1 Å². The lowest BCUT2D eigenvalue weighted by atomic mass is 10.0. The number of benzene rings is 2. The molecule has 1 N–H and O–H groups in total. The molecule has 0 unspecified atom stereocenters. The molecular weight excluding hydrogens is 344 g/mol. The first-order valence-electron chi connectivity index (χ1n) is 8.33. The number of carbonyl (C=O) groups is 2. The van der Waals surface area contributed by atoms with Gasteiger partial charge in [-0.05, 0) is 28.1 Å². The van der Waals surface area contributed by atoms with E-state index in [-0.39, 0.29) is 18.4 Å². The minimum Gasteiger partial charge on any atom is -0.342 e. The number of hydrogen-bond donors (Lipinski definition) is 1. The molecule has 1 heterocycles. The van der Waals surface area contributed by atoms with Gasteiger partial charge in [0.25, 0.3) is 5.91 Å². The van der Waals surface area contributed by atoms with Gasteiger partial charge in [0.05, 0.1) is 11.4 Å². The van der Waals surface area contributed by atoms with Gasteiger partial charge in [-0.25, -0.2) is 0 Å². The molecular formula is C21H20N2O2S. The van der Waals surface area contributed by atoms with Gasteiger partial charge < -0.3 is 10.2 Å². The Labute approximate surface area is 157 Å². The summed E-state index contributed by atoms with van der Waals surface area (Å²) >= 11 is 1.36. The molecule has 1 aromatic heterocycles. The Bertz CT molecular complexity index is 859. The van der Waals surface area contributed by atoms with Crippen LogP contribution < -0.4 is 5.32 Å². The zero-order valence-electron chi connectivity index (χ0n) is 14.5. The maximum atomic E-state index is 12.2. The van der Waals surface area contributed by atoms with Crippen molar-refractivity contribution in [1.82, 2.24) is 10.2 Å². The fourth-order valence-corrected chi connectivity index (χ4v) is 3.22. The summed E-state index contributed by atoms with van der Waals surface area (Å²) in [5.74, 6) is -0.337. The number of carbonyl (C=O) groups excluding carboxylic acids is 2. The highest BCUT2D eigenvalue weighted by Crippen LogP contribution is 2.19. The van der Waals surface area contributed by atoms with Crippen molar-refractivity contribution < 1.29 is 9.59 Å². The third kappa shape index (κ3) is 4.58. The van der Waals surface area contributed by atoms with E-state index < -0.39 is 0 Å². The van der Waals surface area contributed by atoms with E-state index in [1.165, 1.54) is 16.9 Å². The van der Waals surface area contributed by atoms with Crippen LogP contribution in [-0.4, -0.2) is 30.3 Å². The highest BCUT2D eigenvalue weighted by molar-refractivity contribution is 7.12. The van der Waals surface area contributed by atoms with E-state index in [1.807, 2.05) is 41.8 Å². The number of likely N-dealkylation sites (N-methyl/N-ethyl adjacent to an activating group) is 1. The van der Waals surface area contributed by atoms with Crippen molar-refractivity contribution in [3.63, 3.8) is 0 Å². The second-order valence-electron chi connectivity index (χ2n) is 5.97. The third-order valence-electron chi connectivity index (χ3n) is 4.05. The molecule has 2 aromatic carbocycles. The quantitative estimate of drug-likeness (QED) is 0.723. The normalized spacial score (nSPS) is 10.3.